The van der Waals surface area contributed by atoms with Crippen LogP contribution in [0.15, 0.2) is 30.3 Å². The molecule has 0 aromatic heterocycles. The number of rotatable bonds is 6. The smallest absolute Gasteiger partial charge is 0.407 e. The van der Waals surface area contributed by atoms with Crippen LogP contribution in [0.5, 0.6) is 5.75 Å². The van der Waals surface area contributed by atoms with Gasteiger partial charge in [-0.15, -0.1) is 11.6 Å². The Morgan fingerprint density at radius 1 is 1.41 bits per heavy atom. The number of benzene rings is 1. The van der Waals surface area contributed by atoms with Crippen molar-refractivity contribution in [2.24, 2.45) is 0 Å². The standard InChI is InChI=1S/C12H16ClNO3/c1-2-14-12(15)17-11(8-13)9-16-10-6-4-3-5-7-10/h3-7,11H,2,8-9H2,1H3,(H,14,15). The molecule has 1 N–H and O–H groups in total. The lowest BCUT2D eigenvalue weighted by molar-refractivity contribution is 0.0775. The maximum absolute atomic E-state index is 11.2. The van der Waals surface area contributed by atoms with E-state index in [-0.39, 0.29) is 12.5 Å². The Hall–Kier alpha value is -1.42. The van der Waals surface area contributed by atoms with Gasteiger partial charge >= 0.3 is 6.09 Å². The number of nitrogens with one attached hydrogen (secondary N) is 1. The van der Waals surface area contributed by atoms with Gasteiger partial charge in [-0.3, -0.25) is 0 Å². The van der Waals surface area contributed by atoms with Crippen molar-refractivity contribution in [1.29, 1.82) is 0 Å². The fourth-order valence-corrected chi connectivity index (χ4v) is 1.31. The Labute approximate surface area is 106 Å². The van der Waals surface area contributed by atoms with Gasteiger partial charge in [0.05, 0.1) is 5.88 Å². The monoisotopic (exact) mass is 257 g/mol. The van der Waals surface area contributed by atoms with Crippen LogP contribution >= 0.6 is 11.6 Å². The third-order valence-electron chi connectivity index (χ3n) is 1.95. The van der Waals surface area contributed by atoms with Crippen molar-refractivity contribution in [3.8, 4) is 5.75 Å². The SMILES string of the molecule is CCNC(=O)OC(CCl)COc1ccccc1. The van der Waals surface area contributed by atoms with E-state index in [9.17, 15) is 4.79 Å². The Morgan fingerprint density at radius 3 is 2.71 bits per heavy atom. The van der Waals surface area contributed by atoms with Gasteiger partial charge in [-0.25, -0.2) is 4.79 Å². The van der Waals surface area contributed by atoms with E-state index in [1.54, 1.807) is 0 Å². The second-order valence-corrected chi connectivity index (χ2v) is 3.64. The average Bonchev–Trinajstić information content (AvgIpc) is 2.36. The molecule has 1 rings (SSSR count). The maximum atomic E-state index is 11.2. The first-order chi connectivity index (χ1) is 8.26. The van der Waals surface area contributed by atoms with Crippen LogP contribution in [-0.2, 0) is 4.74 Å². The zero-order chi connectivity index (χ0) is 12.5. The molecule has 5 heteroatoms. The molecule has 0 radical (unpaired) electrons. The van der Waals surface area contributed by atoms with Gasteiger partial charge in [0.2, 0.25) is 0 Å². The molecular weight excluding hydrogens is 242 g/mol. The van der Waals surface area contributed by atoms with E-state index in [0.29, 0.717) is 6.54 Å². The summed E-state index contributed by atoms with van der Waals surface area (Å²) < 4.78 is 10.5. The lowest BCUT2D eigenvalue weighted by Crippen LogP contribution is -2.33. The van der Waals surface area contributed by atoms with E-state index in [0.717, 1.165) is 5.75 Å². The third-order valence-corrected chi connectivity index (χ3v) is 2.29. The number of halogens is 1. The lowest BCUT2D eigenvalue weighted by Gasteiger charge is -2.16. The number of ether oxygens (including phenoxy) is 2. The van der Waals surface area contributed by atoms with E-state index in [1.807, 2.05) is 37.3 Å². The first-order valence-electron chi connectivity index (χ1n) is 5.44. The van der Waals surface area contributed by atoms with Gasteiger partial charge in [0.1, 0.15) is 12.4 Å². The van der Waals surface area contributed by atoms with Crippen molar-refractivity contribution >= 4 is 17.7 Å². The minimum atomic E-state index is -0.477. The number of alkyl carbamates (subject to hydrolysis) is 1. The van der Waals surface area contributed by atoms with Gasteiger partial charge in [0.15, 0.2) is 6.10 Å². The second kappa shape index (κ2) is 7.79. The number of carbonyl (C=O) groups excluding carboxylic acids is 1. The molecule has 1 aromatic rings. The molecule has 1 atom stereocenters. The fraction of sp³-hybridized carbons (Fsp3) is 0.417. The minimum absolute atomic E-state index is 0.198. The van der Waals surface area contributed by atoms with Crippen LogP contribution in [-0.4, -0.2) is 31.2 Å². The van der Waals surface area contributed by atoms with Gasteiger partial charge in [0.25, 0.3) is 0 Å². The summed E-state index contributed by atoms with van der Waals surface area (Å²) in [7, 11) is 0. The van der Waals surface area contributed by atoms with Crippen molar-refractivity contribution in [1.82, 2.24) is 5.32 Å². The normalized spacial score (nSPS) is 11.6. The number of hydrogen-bond acceptors (Lipinski definition) is 3. The van der Waals surface area contributed by atoms with Crippen LogP contribution < -0.4 is 10.1 Å². The molecule has 1 aromatic carbocycles. The number of hydrogen-bond donors (Lipinski definition) is 1. The highest BCUT2D eigenvalue weighted by molar-refractivity contribution is 6.18. The molecule has 17 heavy (non-hydrogen) atoms. The molecule has 94 valence electrons. The van der Waals surface area contributed by atoms with E-state index in [4.69, 9.17) is 21.1 Å². The summed E-state index contributed by atoms with van der Waals surface area (Å²) in [5, 5.41) is 2.53. The minimum Gasteiger partial charge on any atom is -0.490 e. The summed E-state index contributed by atoms with van der Waals surface area (Å²) in [5.41, 5.74) is 0. The zero-order valence-electron chi connectivity index (χ0n) is 9.69. The molecule has 0 aliphatic carbocycles. The van der Waals surface area contributed by atoms with Crippen LogP contribution in [0.1, 0.15) is 6.92 Å². The maximum Gasteiger partial charge on any atom is 0.407 e. The highest BCUT2D eigenvalue weighted by atomic mass is 35.5. The molecule has 0 saturated carbocycles. The summed E-state index contributed by atoms with van der Waals surface area (Å²) in [6.07, 6.45) is -0.932. The molecule has 0 saturated heterocycles. The highest BCUT2D eigenvalue weighted by Gasteiger charge is 2.13. The summed E-state index contributed by atoms with van der Waals surface area (Å²) in [5.74, 6) is 0.923. The molecule has 1 unspecified atom stereocenters. The molecular formula is C12H16ClNO3. The first-order valence-corrected chi connectivity index (χ1v) is 5.98. The number of amides is 1. The van der Waals surface area contributed by atoms with Crippen molar-refractivity contribution in [2.45, 2.75) is 13.0 Å². The molecule has 0 spiro atoms. The van der Waals surface area contributed by atoms with Crippen LogP contribution in [0.3, 0.4) is 0 Å². The highest BCUT2D eigenvalue weighted by Crippen LogP contribution is 2.09. The second-order valence-electron chi connectivity index (χ2n) is 3.34. The van der Waals surface area contributed by atoms with Crippen LogP contribution in [0.4, 0.5) is 4.79 Å². The van der Waals surface area contributed by atoms with Gasteiger partial charge in [0, 0.05) is 6.54 Å². The molecule has 4 nitrogen and oxygen atoms in total. The lowest BCUT2D eigenvalue weighted by atomic mass is 10.3. The van der Waals surface area contributed by atoms with Crippen LogP contribution in [0.2, 0.25) is 0 Å². The van der Waals surface area contributed by atoms with Gasteiger partial charge in [-0.1, -0.05) is 18.2 Å². The predicted molar refractivity (Wildman–Crippen MR) is 66.6 cm³/mol. The van der Waals surface area contributed by atoms with E-state index in [1.165, 1.54) is 0 Å². The Balaban J connectivity index is 2.34. The van der Waals surface area contributed by atoms with E-state index < -0.39 is 12.2 Å². The summed E-state index contributed by atoms with van der Waals surface area (Å²) in [6.45, 7) is 2.58. The average molecular weight is 258 g/mol. The topological polar surface area (TPSA) is 47.6 Å². The van der Waals surface area contributed by atoms with Crippen molar-refractivity contribution in [3.05, 3.63) is 30.3 Å². The third kappa shape index (κ3) is 5.45. The number of carbonyl (C=O) groups is 1. The Bertz CT molecular complexity index is 332. The van der Waals surface area contributed by atoms with Crippen molar-refractivity contribution < 1.29 is 14.3 Å². The van der Waals surface area contributed by atoms with Gasteiger partial charge < -0.3 is 14.8 Å². The Kier molecular flexibility index (Phi) is 6.25. The predicted octanol–water partition coefficient (Wildman–Crippen LogP) is 2.42. The number of para-hydroxylation sites is 1. The van der Waals surface area contributed by atoms with Crippen molar-refractivity contribution in [3.63, 3.8) is 0 Å². The summed E-state index contributed by atoms with van der Waals surface area (Å²) >= 11 is 5.69. The molecule has 0 fully saturated rings. The largest absolute Gasteiger partial charge is 0.490 e. The summed E-state index contributed by atoms with van der Waals surface area (Å²) in [4.78, 5) is 11.2. The van der Waals surface area contributed by atoms with Crippen LogP contribution in [0, 0.1) is 0 Å². The van der Waals surface area contributed by atoms with Crippen molar-refractivity contribution in [2.75, 3.05) is 19.0 Å². The Morgan fingerprint density at radius 2 is 2.12 bits per heavy atom. The van der Waals surface area contributed by atoms with E-state index >= 15 is 0 Å². The molecule has 0 bridgehead atoms. The summed E-state index contributed by atoms with van der Waals surface area (Å²) in [6, 6.07) is 9.30. The molecule has 1 amide bonds. The molecule has 0 aliphatic rings. The number of alkyl halides is 1. The first kappa shape index (κ1) is 13.6. The van der Waals surface area contributed by atoms with Gasteiger partial charge in [-0.05, 0) is 19.1 Å². The quantitative estimate of drug-likeness (QED) is 0.796. The fourth-order valence-electron chi connectivity index (χ4n) is 1.15. The van der Waals surface area contributed by atoms with Crippen LogP contribution in [0.25, 0.3) is 0 Å². The molecule has 0 aliphatic heterocycles. The zero-order valence-corrected chi connectivity index (χ0v) is 10.4. The van der Waals surface area contributed by atoms with Gasteiger partial charge in [-0.2, -0.15) is 0 Å². The van der Waals surface area contributed by atoms with E-state index in [2.05, 4.69) is 5.32 Å². The molecule has 0 heterocycles.